The van der Waals surface area contributed by atoms with Crippen molar-refractivity contribution in [2.24, 2.45) is 5.92 Å². The van der Waals surface area contributed by atoms with Crippen LogP contribution in [0.15, 0.2) is 28.7 Å². The van der Waals surface area contributed by atoms with Crippen LogP contribution in [-0.2, 0) is 4.79 Å². The monoisotopic (exact) mass is 390 g/mol. The van der Waals surface area contributed by atoms with Crippen LogP contribution in [-0.4, -0.2) is 43.6 Å². The lowest BCUT2D eigenvalue weighted by atomic mass is 9.97. The first kappa shape index (κ1) is 19.3. The number of hydrogen-bond donors (Lipinski definition) is 1. The molecular weight excluding hydrogens is 368 g/mol. The van der Waals surface area contributed by atoms with Gasteiger partial charge < -0.3 is 15.0 Å². The fourth-order valence-corrected chi connectivity index (χ4v) is 2.91. The topological polar surface area (TPSA) is 41.6 Å². The summed E-state index contributed by atoms with van der Waals surface area (Å²) in [7, 11) is 0. The highest BCUT2D eigenvalue weighted by molar-refractivity contribution is 9.10. The molecule has 1 amide bonds. The molecule has 0 radical (unpaired) electrons. The number of carbonyl (C=O) groups is 1. The fourth-order valence-electron chi connectivity index (χ4n) is 2.53. The zero-order valence-corrected chi connectivity index (χ0v) is 15.3. The summed E-state index contributed by atoms with van der Waals surface area (Å²) < 4.78 is 6.52. The smallest absolute Gasteiger partial charge is 0.260 e. The summed E-state index contributed by atoms with van der Waals surface area (Å²) in [6.07, 6.45) is 2.16. The maximum absolute atomic E-state index is 12.2. The summed E-state index contributed by atoms with van der Waals surface area (Å²) in [5.41, 5.74) is 0. The van der Waals surface area contributed by atoms with Gasteiger partial charge in [0.2, 0.25) is 0 Å². The number of rotatable bonds is 6. The van der Waals surface area contributed by atoms with Gasteiger partial charge in [0.1, 0.15) is 5.75 Å². The largest absolute Gasteiger partial charge is 0.484 e. The van der Waals surface area contributed by atoms with Crippen LogP contribution in [0.4, 0.5) is 0 Å². The second kappa shape index (κ2) is 10.1. The van der Waals surface area contributed by atoms with Gasteiger partial charge in [-0.15, -0.1) is 12.4 Å². The van der Waals surface area contributed by atoms with Gasteiger partial charge in [-0.1, -0.05) is 28.9 Å². The predicted octanol–water partition coefficient (Wildman–Crippen LogP) is 3.10. The van der Waals surface area contributed by atoms with E-state index >= 15 is 0 Å². The van der Waals surface area contributed by atoms with Gasteiger partial charge in [0, 0.05) is 17.6 Å². The Morgan fingerprint density at radius 2 is 2.14 bits per heavy atom. The number of amides is 1. The Labute approximate surface area is 147 Å². The molecule has 0 unspecified atom stereocenters. The Hall–Kier alpha value is -0.780. The molecule has 0 aromatic heterocycles. The molecule has 0 atom stereocenters. The van der Waals surface area contributed by atoms with E-state index in [0.717, 1.165) is 49.2 Å². The number of carbonyl (C=O) groups excluding carboxylic acids is 1. The zero-order valence-electron chi connectivity index (χ0n) is 12.9. The predicted molar refractivity (Wildman–Crippen MR) is 94.7 cm³/mol. The molecule has 0 bridgehead atoms. The third-order valence-electron chi connectivity index (χ3n) is 3.81. The van der Waals surface area contributed by atoms with Crippen LogP contribution in [0.25, 0.3) is 0 Å². The van der Waals surface area contributed by atoms with Gasteiger partial charge in [0.05, 0.1) is 0 Å². The first-order valence-electron chi connectivity index (χ1n) is 7.56. The average Bonchev–Trinajstić information content (AvgIpc) is 2.51. The van der Waals surface area contributed by atoms with Crippen molar-refractivity contribution in [3.05, 3.63) is 28.7 Å². The van der Waals surface area contributed by atoms with Crippen molar-refractivity contribution >= 4 is 34.2 Å². The first-order chi connectivity index (χ1) is 10.2. The quantitative estimate of drug-likeness (QED) is 0.810. The van der Waals surface area contributed by atoms with E-state index in [-0.39, 0.29) is 24.9 Å². The summed E-state index contributed by atoms with van der Waals surface area (Å²) in [6, 6.07) is 7.57. The maximum atomic E-state index is 12.2. The van der Waals surface area contributed by atoms with E-state index in [0.29, 0.717) is 5.92 Å². The number of nitrogens with one attached hydrogen (secondary N) is 1. The number of hydrogen-bond acceptors (Lipinski definition) is 3. The van der Waals surface area contributed by atoms with Crippen LogP contribution >= 0.6 is 28.3 Å². The van der Waals surface area contributed by atoms with Gasteiger partial charge in [-0.2, -0.15) is 0 Å². The molecule has 1 aromatic carbocycles. The van der Waals surface area contributed by atoms with Gasteiger partial charge in [0.25, 0.3) is 5.91 Å². The third-order valence-corrected chi connectivity index (χ3v) is 4.30. The van der Waals surface area contributed by atoms with Crippen molar-refractivity contribution in [1.82, 2.24) is 10.2 Å². The molecule has 22 heavy (non-hydrogen) atoms. The van der Waals surface area contributed by atoms with Crippen LogP contribution in [0.5, 0.6) is 5.75 Å². The Morgan fingerprint density at radius 1 is 1.41 bits per heavy atom. The minimum absolute atomic E-state index is 0. The van der Waals surface area contributed by atoms with E-state index in [2.05, 4.69) is 28.2 Å². The molecule has 1 N–H and O–H groups in total. The van der Waals surface area contributed by atoms with E-state index in [9.17, 15) is 4.79 Å². The van der Waals surface area contributed by atoms with Crippen molar-refractivity contribution in [1.29, 1.82) is 0 Å². The Kier molecular flexibility index (Phi) is 8.83. The van der Waals surface area contributed by atoms with Gasteiger partial charge in [-0.05, 0) is 50.0 Å². The van der Waals surface area contributed by atoms with E-state index in [1.165, 1.54) is 0 Å². The van der Waals surface area contributed by atoms with Gasteiger partial charge in [-0.25, -0.2) is 0 Å². The second-order valence-corrected chi connectivity index (χ2v) is 6.29. The SMILES string of the molecule is CCNCC1CCN(C(=O)COc2cccc(Br)c2)CC1.Cl. The number of halogens is 2. The van der Waals surface area contributed by atoms with Crippen molar-refractivity contribution in [2.45, 2.75) is 19.8 Å². The molecule has 0 saturated carbocycles. The van der Waals surface area contributed by atoms with E-state index in [1.54, 1.807) is 0 Å². The number of likely N-dealkylation sites (tertiary alicyclic amines) is 1. The molecule has 6 heteroatoms. The molecule has 4 nitrogen and oxygen atoms in total. The molecule has 2 rings (SSSR count). The average molecular weight is 392 g/mol. The highest BCUT2D eigenvalue weighted by Gasteiger charge is 2.22. The highest BCUT2D eigenvalue weighted by Crippen LogP contribution is 2.19. The standard InChI is InChI=1S/C16H23BrN2O2.ClH/c1-2-18-11-13-6-8-19(9-7-13)16(20)12-21-15-5-3-4-14(17)10-15;/h3-5,10,13,18H,2,6-9,11-12H2,1H3;1H. The minimum Gasteiger partial charge on any atom is -0.484 e. The molecule has 0 spiro atoms. The summed E-state index contributed by atoms with van der Waals surface area (Å²) in [6.45, 7) is 6.01. The normalized spacial score (nSPS) is 15.3. The van der Waals surface area contributed by atoms with E-state index in [4.69, 9.17) is 4.74 Å². The van der Waals surface area contributed by atoms with Crippen molar-refractivity contribution in [3.8, 4) is 5.75 Å². The van der Waals surface area contributed by atoms with Gasteiger partial charge >= 0.3 is 0 Å². The van der Waals surface area contributed by atoms with Crippen LogP contribution in [0, 0.1) is 5.92 Å². The lowest BCUT2D eigenvalue weighted by molar-refractivity contribution is -0.134. The molecule has 1 saturated heterocycles. The second-order valence-electron chi connectivity index (χ2n) is 5.38. The van der Waals surface area contributed by atoms with E-state index in [1.807, 2.05) is 29.2 Å². The third kappa shape index (κ3) is 6.15. The molecule has 0 aliphatic carbocycles. The van der Waals surface area contributed by atoms with Crippen LogP contribution in [0.2, 0.25) is 0 Å². The van der Waals surface area contributed by atoms with Gasteiger partial charge in [-0.3, -0.25) is 4.79 Å². The Morgan fingerprint density at radius 3 is 2.77 bits per heavy atom. The Balaban J connectivity index is 0.00000242. The number of ether oxygens (including phenoxy) is 1. The number of benzene rings is 1. The summed E-state index contributed by atoms with van der Waals surface area (Å²) >= 11 is 3.39. The lowest BCUT2D eigenvalue weighted by Gasteiger charge is -2.32. The summed E-state index contributed by atoms with van der Waals surface area (Å²) in [5.74, 6) is 1.50. The molecule has 1 aliphatic rings. The number of piperidine rings is 1. The molecule has 1 fully saturated rings. The first-order valence-corrected chi connectivity index (χ1v) is 8.35. The fraction of sp³-hybridized carbons (Fsp3) is 0.562. The molecule has 1 aromatic rings. The molecule has 124 valence electrons. The van der Waals surface area contributed by atoms with Crippen LogP contribution < -0.4 is 10.1 Å². The Bertz CT molecular complexity index is 465. The summed E-state index contributed by atoms with van der Waals surface area (Å²) in [5, 5.41) is 3.38. The van der Waals surface area contributed by atoms with Gasteiger partial charge in [0.15, 0.2) is 6.61 Å². The maximum Gasteiger partial charge on any atom is 0.260 e. The zero-order chi connectivity index (χ0) is 15.1. The molecular formula is C16H24BrClN2O2. The van der Waals surface area contributed by atoms with Crippen LogP contribution in [0.3, 0.4) is 0 Å². The number of nitrogens with zero attached hydrogens (tertiary/aromatic N) is 1. The lowest BCUT2D eigenvalue weighted by Crippen LogP contribution is -2.42. The molecule has 1 aliphatic heterocycles. The van der Waals surface area contributed by atoms with Crippen molar-refractivity contribution in [2.75, 3.05) is 32.8 Å². The minimum atomic E-state index is 0. The molecule has 1 heterocycles. The van der Waals surface area contributed by atoms with E-state index < -0.39 is 0 Å². The van der Waals surface area contributed by atoms with Crippen LogP contribution in [0.1, 0.15) is 19.8 Å². The van der Waals surface area contributed by atoms with Crippen molar-refractivity contribution < 1.29 is 9.53 Å². The van der Waals surface area contributed by atoms with Crippen molar-refractivity contribution in [3.63, 3.8) is 0 Å². The summed E-state index contributed by atoms with van der Waals surface area (Å²) in [4.78, 5) is 14.1. The highest BCUT2D eigenvalue weighted by atomic mass is 79.9.